The molecule has 1 heterocycles. The Morgan fingerprint density at radius 1 is 1.82 bits per heavy atom. The normalized spacial score (nSPS) is 11.6. The van der Waals surface area contributed by atoms with Gasteiger partial charge in [0.15, 0.2) is 0 Å². The molecule has 0 aliphatic rings. The minimum Gasteiger partial charge on any atom is -0.307 e. The van der Waals surface area contributed by atoms with Crippen molar-refractivity contribution in [2.75, 3.05) is 0 Å². The van der Waals surface area contributed by atoms with Gasteiger partial charge in [0.2, 0.25) is 0 Å². The fourth-order valence-corrected chi connectivity index (χ4v) is 0.972. The van der Waals surface area contributed by atoms with Crippen LogP contribution in [-0.2, 0) is 0 Å². The maximum absolute atomic E-state index is 4.08. The molecule has 0 saturated heterocycles. The molecule has 1 aromatic heterocycles. The molecule has 0 radical (unpaired) electrons. The van der Waals surface area contributed by atoms with E-state index >= 15 is 0 Å². The Labute approximate surface area is 68.8 Å². The number of allylic oxidation sites excluding steroid dienone is 1. The van der Waals surface area contributed by atoms with Gasteiger partial charge in [0.1, 0.15) is 5.82 Å². The first-order chi connectivity index (χ1) is 5.24. The summed E-state index contributed by atoms with van der Waals surface area (Å²) in [7, 11) is 2.62. The van der Waals surface area contributed by atoms with Gasteiger partial charge in [0.25, 0.3) is 0 Å². The third-order valence-corrected chi connectivity index (χ3v) is 1.37. The van der Waals surface area contributed by atoms with E-state index in [1.165, 1.54) is 0 Å². The van der Waals surface area contributed by atoms with Crippen molar-refractivity contribution in [3.63, 3.8) is 0 Å². The predicted molar refractivity (Wildman–Crippen MR) is 52.0 cm³/mol. The molecular formula is C8H11N2P. The lowest BCUT2D eigenvalue weighted by molar-refractivity contribution is 1.10. The second kappa shape index (κ2) is 3.49. The van der Waals surface area contributed by atoms with Gasteiger partial charge in [0.05, 0.1) is 0 Å². The van der Waals surface area contributed by atoms with Crippen LogP contribution >= 0.6 is 9.24 Å². The van der Waals surface area contributed by atoms with E-state index in [2.05, 4.69) is 20.8 Å². The minimum absolute atomic E-state index is 0.867. The van der Waals surface area contributed by atoms with E-state index in [1.54, 1.807) is 12.3 Å². The van der Waals surface area contributed by atoms with Gasteiger partial charge in [-0.05, 0) is 18.3 Å². The van der Waals surface area contributed by atoms with E-state index in [0.717, 1.165) is 11.1 Å². The molecule has 1 atom stereocenters. The highest BCUT2D eigenvalue weighted by atomic mass is 31.0. The smallest absolute Gasteiger partial charge is 0.136 e. The Kier molecular flexibility index (Phi) is 2.61. The maximum atomic E-state index is 4.08. The van der Waals surface area contributed by atoms with Gasteiger partial charge in [0, 0.05) is 18.6 Å². The first kappa shape index (κ1) is 8.22. The third kappa shape index (κ3) is 2.02. The molecule has 0 saturated carbocycles. The van der Waals surface area contributed by atoms with Crippen LogP contribution in [0.15, 0.2) is 24.3 Å². The van der Waals surface area contributed by atoms with Gasteiger partial charge in [-0.25, -0.2) is 4.98 Å². The van der Waals surface area contributed by atoms with Crippen molar-refractivity contribution in [2.45, 2.75) is 6.92 Å². The molecule has 0 spiro atoms. The Morgan fingerprint density at radius 2 is 2.55 bits per heavy atom. The maximum Gasteiger partial charge on any atom is 0.136 e. The van der Waals surface area contributed by atoms with Crippen LogP contribution in [0.4, 0.5) is 0 Å². The first-order valence-corrected chi connectivity index (χ1v) is 3.91. The highest BCUT2D eigenvalue weighted by Crippen LogP contribution is 2.07. The minimum atomic E-state index is 0.867. The second-order valence-corrected chi connectivity index (χ2v) is 3.18. The zero-order chi connectivity index (χ0) is 8.27. The molecule has 3 heteroatoms. The van der Waals surface area contributed by atoms with E-state index in [1.807, 2.05) is 23.9 Å². The molecule has 0 aliphatic carbocycles. The highest BCUT2D eigenvalue weighted by molar-refractivity contribution is 7.22. The predicted octanol–water partition coefficient (Wildman–Crippen LogP) is 2.22. The van der Waals surface area contributed by atoms with E-state index in [4.69, 9.17) is 0 Å². The van der Waals surface area contributed by atoms with Crippen LogP contribution in [0.1, 0.15) is 12.7 Å². The summed E-state index contributed by atoms with van der Waals surface area (Å²) in [6.07, 6.45) is 7.35. The number of imidazole rings is 1. The summed E-state index contributed by atoms with van der Waals surface area (Å²) in [4.78, 5) is 4.08. The third-order valence-electron chi connectivity index (χ3n) is 1.22. The SMILES string of the molecule is C=Cc1nccn1/C=C(\C)P. The lowest BCUT2D eigenvalue weighted by Gasteiger charge is -1.96. The summed E-state index contributed by atoms with van der Waals surface area (Å²) >= 11 is 0. The van der Waals surface area contributed by atoms with Crippen molar-refractivity contribution in [3.8, 4) is 0 Å². The lowest BCUT2D eigenvalue weighted by atomic mass is 10.5. The number of hydrogen-bond acceptors (Lipinski definition) is 1. The number of hydrogen-bond donors (Lipinski definition) is 0. The topological polar surface area (TPSA) is 17.8 Å². The van der Waals surface area contributed by atoms with Crippen molar-refractivity contribution in [3.05, 3.63) is 30.1 Å². The number of aromatic nitrogens is 2. The summed E-state index contributed by atoms with van der Waals surface area (Å²) in [5.74, 6) is 0.867. The number of nitrogens with zero attached hydrogens (tertiary/aromatic N) is 2. The number of rotatable bonds is 2. The fraction of sp³-hybridized carbons (Fsp3) is 0.125. The zero-order valence-electron chi connectivity index (χ0n) is 6.49. The largest absolute Gasteiger partial charge is 0.307 e. The van der Waals surface area contributed by atoms with Crippen molar-refractivity contribution in [2.24, 2.45) is 0 Å². The van der Waals surface area contributed by atoms with Gasteiger partial charge < -0.3 is 4.57 Å². The molecular weight excluding hydrogens is 155 g/mol. The first-order valence-electron chi connectivity index (χ1n) is 3.33. The second-order valence-electron chi connectivity index (χ2n) is 2.27. The van der Waals surface area contributed by atoms with E-state index in [-0.39, 0.29) is 0 Å². The standard InChI is InChI=1S/C8H11N2P/c1-3-8-9-4-5-10(8)6-7(2)11/h3-6H,1,11H2,2H3/b7-6+. The summed E-state index contributed by atoms with van der Waals surface area (Å²) < 4.78 is 1.93. The Hall–Kier alpha value is -0.880. The molecule has 0 fully saturated rings. The average molecular weight is 166 g/mol. The quantitative estimate of drug-likeness (QED) is 0.616. The zero-order valence-corrected chi connectivity index (χ0v) is 7.64. The van der Waals surface area contributed by atoms with Crippen LogP contribution < -0.4 is 0 Å². The van der Waals surface area contributed by atoms with Crippen LogP contribution in [-0.4, -0.2) is 9.55 Å². The van der Waals surface area contributed by atoms with Gasteiger partial charge >= 0.3 is 0 Å². The van der Waals surface area contributed by atoms with Crippen LogP contribution in [0, 0.1) is 0 Å². The summed E-state index contributed by atoms with van der Waals surface area (Å²) in [5.41, 5.74) is 0. The molecule has 2 nitrogen and oxygen atoms in total. The highest BCUT2D eigenvalue weighted by Gasteiger charge is 1.92. The molecule has 0 aromatic carbocycles. The van der Waals surface area contributed by atoms with Crippen LogP contribution in [0.2, 0.25) is 0 Å². The van der Waals surface area contributed by atoms with E-state index in [0.29, 0.717) is 0 Å². The Morgan fingerprint density at radius 3 is 3.09 bits per heavy atom. The molecule has 1 rings (SSSR count). The molecule has 0 N–H and O–H groups in total. The molecule has 0 bridgehead atoms. The van der Waals surface area contributed by atoms with Crippen molar-refractivity contribution in [1.82, 2.24) is 9.55 Å². The summed E-state index contributed by atoms with van der Waals surface area (Å²) in [5, 5.41) is 1.16. The van der Waals surface area contributed by atoms with Crippen molar-refractivity contribution >= 4 is 21.5 Å². The van der Waals surface area contributed by atoms with Crippen LogP contribution in [0.25, 0.3) is 12.3 Å². The Balaban J connectivity index is 3.03. The van der Waals surface area contributed by atoms with Gasteiger partial charge in [-0.1, -0.05) is 6.58 Å². The van der Waals surface area contributed by atoms with E-state index in [9.17, 15) is 0 Å². The molecule has 1 aromatic rings. The van der Waals surface area contributed by atoms with Crippen LogP contribution in [0.5, 0.6) is 0 Å². The summed E-state index contributed by atoms with van der Waals surface area (Å²) in [6.45, 7) is 5.66. The monoisotopic (exact) mass is 166 g/mol. The van der Waals surface area contributed by atoms with Gasteiger partial charge in [-0.2, -0.15) is 0 Å². The fourth-order valence-electron chi connectivity index (χ4n) is 0.811. The van der Waals surface area contributed by atoms with Crippen molar-refractivity contribution in [1.29, 1.82) is 0 Å². The van der Waals surface area contributed by atoms with Crippen LogP contribution in [0.3, 0.4) is 0 Å². The molecule has 11 heavy (non-hydrogen) atoms. The molecule has 0 aliphatic heterocycles. The van der Waals surface area contributed by atoms with Crippen molar-refractivity contribution < 1.29 is 0 Å². The molecule has 1 unspecified atom stereocenters. The lowest BCUT2D eigenvalue weighted by Crippen LogP contribution is -1.87. The molecule has 0 amide bonds. The van der Waals surface area contributed by atoms with Gasteiger partial charge in [-0.15, -0.1) is 9.24 Å². The van der Waals surface area contributed by atoms with E-state index < -0.39 is 0 Å². The average Bonchev–Trinajstić information content (AvgIpc) is 2.34. The molecule has 58 valence electrons. The van der Waals surface area contributed by atoms with Gasteiger partial charge in [-0.3, -0.25) is 0 Å². The Bertz CT molecular complexity index is 282. The summed E-state index contributed by atoms with van der Waals surface area (Å²) in [6, 6.07) is 0.